The van der Waals surface area contributed by atoms with Crippen LogP contribution in [0.4, 0.5) is 0 Å². The highest BCUT2D eigenvalue weighted by atomic mass is 16.5. The Kier molecular flexibility index (Phi) is 2.28. The Balaban J connectivity index is 3.28. The molecule has 0 atom stereocenters. The van der Waals surface area contributed by atoms with Crippen LogP contribution in [0, 0.1) is 0 Å². The molecule has 0 fully saturated rings. The van der Waals surface area contributed by atoms with Crippen LogP contribution in [0.15, 0.2) is 12.1 Å². The number of methoxy groups -OCH3 is 2. The summed E-state index contributed by atoms with van der Waals surface area (Å²) >= 11 is 0. The summed E-state index contributed by atoms with van der Waals surface area (Å²) in [4.78, 5) is 0. The largest absolute Gasteiger partial charge is 0.504 e. The van der Waals surface area contributed by atoms with Crippen LogP contribution in [0.25, 0.3) is 0 Å². The van der Waals surface area contributed by atoms with Gasteiger partial charge in [0.15, 0.2) is 11.5 Å². The lowest BCUT2D eigenvalue weighted by Crippen LogP contribution is -1.90. The van der Waals surface area contributed by atoms with E-state index in [9.17, 15) is 10.2 Å². The molecule has 0 aliphatic heterocycles. The van der Waals surface area contributed by atoms with Crippen molar-refractivity contribution in [2.45, 2.75) is 0 Å². The van der Waals surface area contributed by atoms with E-state index in [0.29, 0.717) is 0 Å². The van der Waals surface area contributed by atoms with Gasteiger partial charge in [0.2, 0.25) is 11.5 Å². The molecule has 0 radical (unpaired) electrons. The minimum atomic E-state index is -0.0628. The summed E-state index contributed by atoms with van der Waals surface area (Å²) in [6, 6.07) is 2.66. The summed E-state index contributed by atoms with van der Waals surface area (Å²) in [7, 11) is 2.77. The number of rotatable bonds is 2. The molecular weight excluding hydrogens is 160 g/mol. The van der Waals surface area contributed by atoms with Gasteiger partial charge in [0.05, 0.1) is 14.2 Å². The highest BCUT2D eigenvalue weighted by Gasteiger charge is 2.13. The molecule has 0 spiro atoms. The fraction of sp³-hybridized carbons (Fsp3) is 0.250. The Morgan fingerprint density at radius 3 is 1.50 bits per heavy atom. The zero-order chi connectivity index (χ0) is 9.14. The van der Waals surface area contributed by atoms with Crippen LogP contribution >= 0.6 is 0 Å². The van der Waals surface area contributed by atoms with Crippen LogP contribution < -0.4 is 9.47 Å². The molecule has 0 heterocycles. The first-order chi connectivity index (χ1) is 5.70. The molecule has 0 aromatic heterocycles. The van der Waals surface area contributed by atoms with E-state index in [1.54, 1.807) is 0 Å². The number of hydrogen-bond donors (Lipinski definition) is 2. The van der Waals surface area contributed by atoms with Gasteiger partial charge in [-0.3, -0.25) is 0 Å². The molecular formula is C8H10O4. The fourth-order valence-corrected chi connectivity index (χ4v) is 0.936. The third-order valence-electron chi connectivity index (χ3n) is 1.48. The van der Waals surface area contributed by atoms with Crippen LogP contribution in [0.3, 0.4) is 0 Å². The Hall–Kier alpha value is -1.58. The Morgan fingerprint density at radius 2 is 1.25 bits per heavy atom. The monoisotopic (exact) mass is 170 g/mol. The predicted molar refractivity (Wildman–Crippen MR) is 42.9 cm³/mol. The van der Waals surface area contributed by atoms with Crippen LogP contribution in [-0.4, -0.2) is 24.4 Å². The topological polar surface area (TPSA) is 58.9 Å². The Morgan fingerprint density at radius 1 is 0.917 bits per heavy atom. The molecule has 4 heteroatoms. The number of hydrogen-bond acceptors (Lipinski definition) is 4. The van der Waals surface area contributed by atoms with Crippen LogP contribution in [0.2, 0.25) is 0 Å². The van der Waals surface area contributed by atoms with Gasteiger partial charge in [-0.1, -0.05) is 0 Å². The summed E-state index contributed by atoms with van der Waals surface area (Å²) in [6.45, 7) is 0. The molecule has 1 rings (SSSR count). The van der Waals surface area contributed by atoms with E-state index in [1.165, 1.54) is 26.4 Å². The lowest BCUT2D eigenvalue weighted by Gasteiger charge is -2.09. The standard InChI is InChI=1S/C8H10O4/c1-11-7-5(9)3-4-6(10)8(7)12-2/h3-4,9-10H,1-2H3. The normalized spacial score (nSPS) is 9.50. The van der Waals surface area contributed by atoms with Crippen molar-refractivity contribution in [3.63, 3.8) is 0 Å². The van der Waals surface area contributed by atoms with E-state index in [2.05, 4.69) is 0 Å². The number of aromatic hydroxyl groups is 2. The summed E-state index contributed by atoms with van der Waals surface area (Å²) in [5.74, 6) is 0.148. The summed E-state index contributed by atoms with van der Waals surface area (Å²) in [6.07, 6.45) is 0. The minimum Gasteiger partial charge on any atom is -0.504 e. The first-order valence-electron chi connectivity index (χ1n) is 3.33. The lowest BCUT2D eigenvalue weighted by molar-refractivity contribution is 0.316. The molecule has 0 aliphatic rings. The van der Waals surface area contributed by atoms with E-state index in [1.807, 2.05) is 0 Å². The second-order valence-electron chi connectivity index (χ2n) is 2.17. The van der Waals surface area contributed by atoms with E-state index in [4.69, 9.17) is 9.47 Å². The minimum absolute atomic E-state index is 0.0628. The highest BCUT2D eigenvalue weighted by Crippen LogP contribution is 2.42. The molecule has 0 unspecified atom stereocenters. The van der Waals surface area contributed by atoms with E-state index in [-0.39, 0.29) is 23.0 Å². The smallest absolute Gasteiger partial charge is 0.206 e. The molecule has 0 amide bonds. The van der Waals surface area contributed by atoms with Gasteiger partial charge < -0.3 is 19.7 Å². The van der Waals surface area contributed by atoms with Gasteiger partial charge in [-0.15, -0.1) is 0 Å². The van der Waals surface area contributed by atoms with Gasteiger partial charge in [0.1, 0.15) is 0 Å². The van der Waals surface area contributed by atoms with Gasteiger partial charge >= 0.3 is 0 Å². The number of phenolic OH excluding ortho intramolecular Hbond substituents is 2. The van der Waals surface area contributed by atoms with Gasteiger partial charge in [-0.25, -0.2) is 0 Å². The van der Waals surface area contributed by atoms with Gasteiger partial charge in [-0.05, 0) is 12.1 Å². The SMILES string of the molecule is COc1c(O)ccc(O)c1OC. The van der Waals surface area contributed by atoms with E-state index in [0.717, 1.165) is 0 Å². The second kappa shape index (κ2) is 3.21. The maximum absolute atomic E-state index is 9.23. The number of benzene rings is 1. The molecule has 1 aromatic rings. The van der Waals surface area contributed by atoms with Crippen molar-refractivity contribution >= 4 is 0 Å². The third kappa shape index (κ3) is 1.23. The summed E-state index contributed by atoms with van der Waals surface area (Å²) in [5.41, 5.74) is 0. The molecule has 12 heavy (non-hydrogen) atoms. The van der Waals surface area contributed by atoms with Gasteiger partial charge in [0, 0.05) is 0 Å². The van der Waals surface area contributed by atoms with Crippen molar-refractivity contribution in [3.8, 4) is 23.0 Å². The summed E-state index contributed by atoms with van der Waals surface area (Å²) in [5, 5.41) is 18.5. The maximum Gasteiger partial charge on any atom is 0.206 e. The molecule has 0 saturated carbocycles. The quantitative estimate of drug-likeness (QED) is 0.653. The predicted octanol–water partition coefficient (Wildman–Crippen LogP) is 1.11. The first-order valence-corrected chi connectivity index (χ1v) is 3.33. The van der Waals surface area contributed by atoms with Crippen molar-refractivity contribution in [1.82, 2.24) is 0 Å². The number of phenols is 2. The average Bonchev–Trinajstić information content (AvgIpc) is 2.08. The zero-order valence-electron chi connectivity index (χ0n) is 6.87. The van der Waals surface area contributed by atoms with Crippen molar-refractivity contribution in [2.75, 3.05) is 14.2 Å². The lowest BCUT2D eigenvalue weighted by atomic mass is 10.2. The third-order valence-corrected chi connectivity index (χ3v) is 1.48. The van der Waals surface area contributed by atoms with Crippen LogP contribution in [0.5, 0.6) is 23.0 Å². The van der Waals surface area contributed by atoms with Crippen LogP contribution in [-0.2, 0) is 0 Å². The Labute approximate surface area is 70.0 Å². The molecule has 4 nitrogen and oxygen atoms in total. The molecule has 0 saturated heterocycles. The first kappa shape index (κ1) is 8.52. The molecule has 0 aliphatic carbocycles. The van der Waals surface area contributed by atoms with Crippen molar-refractivity contribution < 1.29 is 19.7 Å². The van der Waals surface area contributed by atoms with E-state index >= 15 is 0 Å². The van der Waals surface area contributed by atoms with E-state index < -0.39 is 0 Å². The maximum atomic E-state index is 9.23. The van der Waals surface area contributed by atoms with Gasteiger partial charge in [-0.2, -0.15) is 0 Å². The summed E-state index contributed by atoms with van der Waals surface area (Å²) < 4.78 is 9.63. The second-order valence-corrected chi connectivity index (χ2v) is 2.17. The van der Waals surface area contributed by atoms with Crippen molar-refractivity contribution in [2.24, 2.45) is 0 Å². The Bertz CT molecular complexity index is 254. The van der Waals surface area contributed by atoms with Crippen molar-refractivity contribution in [1.29, 1.82) is 0 Å². The fourth-order valence-electron chi connectivity index (χ4n) is 0.936. The van der Waals surface area contributed by atoms with Crippen LogP contribution in [0.1, 0.15) is 0 Å². The average molecular weight is 170 g/mol. The number of ether oxygens (including phenoxy) is 2. The van der Waals surface area contributed by atoms with Gasteiger partial charge in [0.25, 0.3) is 0 Å². The molecule has 1 aromatic carbocycles. The highest BCUT2D eigenvalue weighted by molar-refractivity contribution is 5.57. The van der Waals surface area contributed by atoms with Crippen molar-refractivity contribution in [3.05, 3.63) is 12.1 Å². The molecule has 0 bridgehead atoms. The molecule has 66 valence electrons. The zero-order valence-corrected chi connectivity index (χ0v) is 6.87. The molecule has 2 N–H and O–H groups in total.